The van der Waals surface area contributed by atoms with Crippen molar-refractivity contribution in [2.24, 2.45) is 5.14 Å². The molecule has 3 aromatic rings. The second-order valence-electron chi connectivity index (χ2n) is 6.26. The Morgan fingerprint density at radius 3 is 2.57 bits per heavy atom. The van der Waals surface area contributed by atoms with E-state index in [1.54, 1.807) is 18.2 Å². The molecule has 146 valence electrons. The Balaban J connectivity index is 1.97. The van der Waals surface area contributed by atoms with Gasteiger partial charge in [0, 0.05) is 12.0 Å². The van der Waals surface area contributed by atoms with Gasteiger partial charge in [-0.2, -0.15) is 18.3 Å². The van der Waals surface area contributed by atoms with Crippen LogP contribution in [0.15, 0.2) is 53.4 Å². The number of ether oxygens (including phenoxy) is 1. The average Bonchev–Trinajstić information content (AvgIpc) is 3.27. The van der Waals surface area contributed by atoms with Crippen molar-refractivity contribution in [2.75, 3.05) is 6.61 Å². The summed E-state index contributed by atoms with van der Waals surface area (Å²) in [5.41, 5.74) is 0.212. The Kier molecular flexibility index (Phi) is 4.20. The Bertz CT molecular complexity index is 1170. The lowest BCUT2D eigenvalue weighted by Gasteiger charge is -2.12. The van der Waals surface area contributed by atoms with Gasteiger partial charge in [-0.15, -0.1) is 0 Å². The van der Waals surface area contributed by atoms with E-state index < -0.39 is 21.9 Å². The number of sulfonamides is 1. The summed E-state index contributed by atoms with van der Waals surface area (Å²) in [5.74, 6) is 0.677. The van der Waals surface area contributed by atoms with Gasteiger partial charge in [-0.3, -0.25) is 0 Å². The van der Waals surface area contributed by atoms with Gasteiger partial charge in [-0.05, 0) is 42.0 Å². The molecule has 4 rings (SSSR count). The SMILES string of the molecule is NS(=O)(=O)c1ccccc1-n1nc(C(F)(F)F)cc1-c1ccc2c(c1)CCO2. The summed E-state index contributed by atoms with van der Waals surface area (Å²) in [5, 5.41) is 8.88. The minimum Gasteiger partial charge on any atom is -0.493 e. The number of benzene rings is 2. The van der Waals surface area contributed by atoms with Crippen LogP contribution in [0.4, 0.5) is 13.2 Å². The van der Waals surface area contributed by atoms with Crippen molar-refractivity contribution in [3.63, 3.8) is 0 Å². The average molecular weight is 409 g/mol. The number of alkyl halides is 3. The predicted octanol–water partition coefficient (Wildman–Crippen LogP) is 3.14. The van der Waals surface area contributed by atoms with E-state index in [1.165, 1.54) is 24.3 Å². The first kappa shape index (κ1) is 18.5. The third-order valence-corrected chi connectivity index (χ3v) is 5.34. The molecule has 1 aliphatic rings. The molecule has 0 bridgehead atoms. The molecule has 0 spiro atoms. The molecule has 0 saturated heterocycles. The number of halogens is 3. The quantitative estimate of drug-likeness (QED) is 0.720. The van der Waals surface area contributed by atoms with Gasteiger partial charge in [-0.25, -0.2) is 18.2 Å². The number of nitrogens with zero attached hydrogens (tertiary/aromatic N) is 2. The summed E-state index contributed by atoms with van der Waals surface area (Å²) >= 11 is 0. The molecular formula is C18H14F3N3O3S. The lowest BCUT2D eigenvalue weighted by molar-refractivity contribution is -0.141. The molecule has 0 fully saturated rings. The van der Waals surface area contributed by atoms with E-state index in [0.29, 0.717) is 24.3 Å². The first-order valence-corrected chi connectivity index (χ1v) is 9.75. The number of primary sulfonamides is 1. The number of nitrogens with two attached hydrogens (primary N) is 1. The van der Waals surface area contributed by atoms with Crippen LogP contribution in [0.2, 0.25) is 0 Å². The summed E-state index contributed by atoms with van der Waals surface area (Å²) in [6, 6.07) is 11.4. The standard InChI is InChI=1S/C18H14F3N3O3S/c19-18(20,21)17-10-14(11-5-6-15-12(9-11)7-8-27-15)24(23-17)13-3-1-2-4-16(13)28(22,25)26/h1-6,9-10H,7-8H2,(H2,22,25,26). The summed E-state index contributed by atoms with van der Waals surface area (Å²) in [4.78, 5) is -0.322. The van der Waals surface area contributed by atoms with Gasteiger partial charge in [0.15, 0.2) is 5.69 Å². The minimum absolute atomic E-state index is 0.0627. The van der Waals surface area contributed by atoms with Crippen molar-refractivity contribution in [1.29, 1.82) is 0 Å². The topological polar surface area (TPSA) is 87.2 Å². The number of fused-ring (bicyclic) bond motifs is 1. The Hall–Kier alpha value is -2.85. The highest BCUT2D eigenvalue weighted by Crippen LogP contribution is 2.36. The number of rotatable bonds is 3. The van der Waals surface area contributed by atoms with Crippen LogP contribution in [-0.4, -0.2) is 24.8 Å². The fourth-order valence-electron chi connectivity index (χ4n) is 3.13. The zero-order chi connectivity index (χ0) is 20.1. The van der Waals surface area contributed by atoms with Crippen LogP contribution >= 0.6 is 0 Å². The molecule has 1 aliphatic heterocycles. The zero-order valence-corrected chi connectivity index (χ0v) is 15.1. The number of hydrogen-bond donors (Lipinski definition) is 1. The molecule has 0 unspecified atom stereocenters. The molecule has 2 N–H and O–H groups in total. The molecule has 0 amide bonds. The summed E-state index contributed by atoms with van der Waals surface area (Å²) in [7, 11) is -4.18. The molecule has 0 atom stereocenters. The molecule has 0 saturated carbocycles. The van der Waals surface area contributed by atoms with E-state index in [-0.39, 0.29) is 16.3 Å². The van der Waals surface area contributed by atoms with E-state index >= 15 is 0 Å². The van der Waals surface area contributed by atoms with Crippen LogP contribution in [0.1, 0.15) is 11.3 Å². The normalized spacial score (nSPS) is 14.0. The maximum atomic E-state index is 13.3. The molecule has 0 aliphatic carbocycles. The highest BCUT2D eigenvalue weighted by Gasteiger charge is 2.36. The molecule has 28 heavy (non-hydrogen) atoms. The van der Waals surface area contributed by atoms with Gasteiger partial charge in [0.1, 0.15) is 10.6 Å². The summed E-state index contributed by atoms with van der Waals surface area (Å²) in [6.45, 7) is 0.500. The van der Waals surface area contributed by atoms with Crippen LogP contribution in [0.25, 0.3) is 16.9 Å². The number of aromatic nitrogens is 2. The van der Waals surface area contributed by atoms with Crippen LogP contribution in [-0.2, 0) is 22.6 Å². The fraction of sp³-hybridized carbons (Fsp3) is 0.167. The summed E-state index contributed by atoms with van der Waals surface area (Å²) < 4.78 is 70.2. The first-order chi connectivity index (χ1) is 13.1. The van der Waals surface area contributed by atoms with Crippen molar-refractivity contribution >= 4 is 10.0 Å². The van der Waals surface area contributed by atoms with E-state index in [4.69, 9.17) is 9.88 Å². The van der Waals surface area contributed by atoms with Crippen LogP contribution in [0.3, 0.4) is 0 Å². The molecular weight excluding hydrogens is 395 g/mol. The zero-order valence-electron chi connectivity index (χ0n) is 14.3. The van der Waals surface area contributed by atoms with Gasteiger partial charge < -0.3 is 4.74 Å². The predicted molar refractivity (Wildman–Crippen MR) is 94.6 cm³/mol. The van der Waals surface area contributed by atoms with Crippen LogP contribution in [0, 0.1) is 0 Å². The lowest BCUT2D eigenvalue weighted by atomic mass is 10.1. The lowest BCUT2D eigenvalue weighted by Crippen LogP contribution is -2.16. The maximum Gasteiger partial charge on any atom is 0.435 e. The Morgan fingerprint density at radius 1 is 1.11 bits per heavy atom. The maximum absolute atomic E-state index is 13.3. The van der Waals surface area contributed by atoms with E-state index in [1.807, 2.05) is 0 Å². The van der Waals surface area contributed by atoms with Crippen molar-refractivity contribution in [3.05, 3.63) is 59.8 Å². The largest absolute Gasteiger partial charge is 0.493 e. The fourth-order valence-corrected chi connectivity index (χ4v) is 3.84. The highest BCUT2D eigenvalue weighted by atomic mass is 32.2. The van der Waals surface area contributed by atoms with E-state index in [2.05, 4.69) is 5.10 Å². The first-order valence-electron chi connectivity index (χ1n) is 8.20. The second kappa shape index (κ2) is 6.35. The summed E-state index contributed by atoms with van der Waals surface area (Å²) in [6.07, 6.45) is -4.06. The van der Waals surface area contributed by atoms with Crippen molar-refractivity contribution in [2.45, 2.75) is 17.5 Å². The van der Waals surface area contributed by atoms with E-state index in [0.717, 1.165) is 16.3 Å². The number of hydrogen-bond acceptors (Lipinski definition) is 4. The Labute approximate surface area is 158 Å². The van der Waals surface area contributed by atoms with Gasteiger partial charge in [0.05, 0.1) is 18.0 Å². The molecule has 10 heteroatoms. The molecule has 2 heterocycles. The van der Waals surface area contributed by atoms with Crippen molar-refractivity contribution < 1.29 is 26.3 Å². The van der Waals surface area contributed by atoms with E-state index in [9.17, 15) is 21.6 Å². The molecule has 2 aromatic carbocycles. The Morgan fingerprint density at radius 2 is 1.86 bits per heavy atom. The van der Waals surface area contributed by atoms with Crippen molar-refractivity contribution in [3.8, 4) is 22.7 Å². The molecule has 6 nitrogen and oxygen atoms in total. The third-order valence-electron chi connectivity index (χ3n) is 4.38. The molecule has 0 radical (unpaired) electrons. The van der Waals surface area contributed by atoms with Gasteiger partial charge >= 0.3 is 6.18 Å². The van der Waals surface area contributed by atoms with Gasteiger partial charge in [0.2, 0.25) is 10.0 Å². The monoisotopic (exact) mass is 409 g/mol. The van der Waals surface area contributed by atoms with Gasteiger partial charge in [-0.1, -0.05) is 12.1 Å². The molecule has 1 aromatic heterocycles. The minimum atomic E-state index is -4.70. The van der Waals surface area contributed by atoms with Crippen molar-refractivity contribution in [1.82, 2.24) is 9.78 Å². The van der Waals surface area contributed by atoms with Gasteiger partial charge in [0.25, 0.3) is 0 Å². The second-order valence-corrected chi connectivity index (χ2v) is 7.79. The number of para-hydroxylation sites is 1. The smallest absolute Gasteiger partial charge is 0.435 e. The van der Waals surface area contributed by atoms with Crippen LogP contribution in [0.5, 0.6) is 5.75 Å². The van der Waals surface area contributed by atoms with Crippen LogP contribution < -0.4 is 9.88 Å². The highest BCUT2D eigenvalue weighted by molar-refractivity contribution is 7.89. The third kappa shape index (κ3) is 3.25.